The number of aldehydes is 1. The van der Waals surface area contributed by atoms with E-state index in [9.17, 15) is 4.79 Å². The highest BCUT2D eigenvalue weighted by molar-refractivity contribution is 5.97. The van der Waals surface area contributed by atoms with Gasteiger partial charge in [0.15, 0.2) is 6.29 Å². The van der Waals surface area contributed by atoms with Crippen molar-refractivity contribution >= 4 is 41.7 Å². The van der Waals surface area contributed by atoms with Crippen molar-refractivity contribution in [1.82, 2.24) is 15.0 Å². The van der Waals surface area contributed by atoms with Crippen LogP contribution >= 0.6 is 0 Å². The van der Waals surface area contributed by atoms with Crippen LogP contribution in [0, 0.1) is 0 Å². The molecule has 0 bridgehead atoms. The van der Waals surface area contributed by atoms with E-state index in [1.54, 1.807) is 0 Å². The second kappa shape index (κ2) is 8.67. The van der Waals surface area contributed by atoms with Crippen LogP contribution in [0.25, 0.3) is 10.8 Å². The van der Waals surface area contributed by atoms with Crippen LogP contribution in [0.15, 0.2) is 42.5 Å². The molecular weight excluding hydrogens is 296 g/mol. The number of nitrogens with zero attached hydrogens (tertiary/aromatic N) is 3. The zero-order valence-corrected chi connectivity index (χ0v) is 12.2. The van der Waals surface area contributed by atoms with Crippen LogP contribution in [0.2, 0.25) is 0 Å². The standard InChI is InChI=1S/C11H8O.C3H6N6.CH2O/c12-8-10-6-3-5-9-4-1-2-7-11(9)10;4-1-7-2(5)9-3(6)8-1;1-2/h1-8H;(H6,4,5,6,7,8,9);1H2. The van der Waals surface area contributed by atoms with E-state index in [2.05, 4.69) is 15.0 Å². The molecule has 8 heteroatoms. The maximum atomic E-state index is 10.6. The first-order valence-electron chi connectivity index (χ1n) is 6.34. The second-order valence-electron chi connectivity index (χ2n) is 4.10. The third-order valence-electron chi connectivity index (χ3n) is 2.64. The average Bonchev–Trinajstić information content (AvgIpc) is 2.55. The summed E-state index contributed by atoms with van der Waals surface area (Å²) in [6.45, 7) is 2.00. The monoisotopic (exact) mass is 312 g/mol. The van der Waals surface area contributed by atoms with Gasteiger partial charge in [0.2, 0.25) is 17.8 Å². The van der Waals surface area contributed by atoms with E-state index >= 15 is 0 Å². The molecule has 8 nitrogen and oxygen atoms in total. The molecule has 0 spiro atoms. The van der Waals surface area contributed by atoms with Gasteiger partial charge in [0.1, 0.15) is 6.79 Å². The molecule has 1 aromatic heterocycles. The summed E-state index contributed by atoms with van der Waals surface area (Å²) in [5, 5.41) is 2.14. The maximum absolute atomic E-state index is 10.6. The first-order chi connectivity index (χ1) is 11.1. The molecule has 0 amide bonds. The number of fused-ring (bicyclic) bond motifs is 1. The molecule has 3 rings (SSSR count). The third-order valence-corrected chi connectivity index (χ3v) is 2.64. The smallest absolute Gasteiger partial charge is 0.226 e. The second-order valence-corrected chi connectivity index (χ2v) is 4.10. The SMILES string of the molecule is C=O.Nc1nc(N)nc(N)n1.O=Cc1cccc2ccccc12. The minimum Gasteiger partial charge on any atom is -0.368 e. The van der Waals surface area contributed by atoms with Crippen molar-refractivity contribution in [3.63, 3.8) is 0 Å². The highest BCUT2D eigenvalue weighted by atomic mass is 16.1. The van der Waals surface area contributed by atoms with E-state index in [-0.39, 0.29) is 17.8 Å². The summed E-state index contributed by atoms with van der Waals surface area (Å²) >= 11 is 0. The highest BCUT2D eigenvalue weighted by Crippen LogP contribution is 2.16. The molecule has 0 fully saturated rings. The summed E-state index contributed by atoms with van der Waals surface area (Å²) in [5.41, 5.74) is 16.2. The van der Waals surface area contributed by atoms with Gasteiger partial charge in [-0.2, -0.15) is 15.0 Å². The van der Waals surface area contributed by atoms with Crippen molar-refractivity contribution in [3.05, 3.63) is 48.0 Å². The number of hydrogen-bond acceptors (Lipinski definition) is 8. The van der Waals surface area contributed by atoms with Crippen LogP contribution in [0.4, 0.5) is 17.8 Å². The topological polar surface area (TPSA) is 151 Å². The molecule has 0 aliphatic heterocycles. The van der Waals surface area contributed by atoms with Gasteiger partial charge in [-0.15, -0.1) is 0 Å². The lowest BCUT2D eigenvalue weighted by atomic mass is 10.1. The fourth-order valence-corrected chi connectivity index (χ4v) is 1.78. The minimum absolute atomic E-state index is 0.0417. The van der Waals surface area contributed by atoms with Crippen molar-refractivity contribution in [3.8, 4) is 0 Å². The lowest BCUT2D eigenvalue weighted by molar-refractivity contribution is -0.0980. The number of nitrogen functional groups attached to an aromatic ring is 3. The molecular formula is C15H16N6O2. The van der Waals surface area contributed by atoms with Gasteiger partial charge in [0.05, 0.1) is 0 Å². The Balaban J connectivity index is 0.000000215. The summed E-state index contributed by atoms with van der Waals surface area (Å²) in [7, 11) is 0. The van der Waals surface area contributed by atoms with Crippen molar-refractivity contribution in [2.75, 3.05) is 17.2 Å². The molecule has 3 aromatic rings. The number of aromatic nitrogens is 3. The van der Waals surface area contributed by atoms with Gasteiger partial charge in [-0.05, 0) is 10.8 Å². The maximum Gasteiger partial charge on any atom is 0.226 e. The number of benzene rings is 2. The molecule has 0 aliphatic carbocycles. The Morgan fingerprint density at radius 1 is 0.783 bits per heavy atom. The van der Waals surface area contributed by atoms with Crippen molar-refractivity contribution in [2.24, 2.45) is 0 Å². The molecule has 0 saturated heterocycles. The van der Waals surface area contributed by atoms with Crippen molar-refractivity contribution in [1.29, 1.82) is 0 Å². The molecule has 23 heavy (non-hydrogen) atoms. The van der Waals surface area contributed by atoms with Crippen LogP contribution in [0.1, 0.15) is 10.4 Å². The quantitative estimate of drug-likeness (QED) is 0.565. The van der Waals surface area contributed by atoms with Gasteiger partial charge < -0.3 is 22.0 Å². The molecule has 2 aromatic carbocycles. The summed E-state index contributed by atoms with van der Waals surface area (Å²) in [4.78, 5) is 29.1. The molecule has 0 atom stereocenters. The van der Waals surface area contributed by atoms with Crippen LogP contribution in [0.5, 0.6) is 0 Å². The van der Waals surface area contributed by atoms with Gasteiger partial charge in [-0.25, -0.2) is 0 Å². The first-order valence-corrected chi connectivity index (χ1v) is 6.34. The van der Waals surface area contributed by atoms with E-state index in [1.165, 1.54) is 0 Å². The van der Waals surface area contributed by atoms with Crippen molar-refractivity contribution in [2.45, 2.75) is 0 Å². The summed E-state index contributed by atoms with van der Waals surface area (Å²) in [6, 6.07) is 13.6. The van der Waals surface area contributed by atoms with Gasteiger partial charge in [0, 0.05) is 5.56 Å². The lowest BCUT2D eigenvalue weighted by Gasteiger charge is -1.98. The Labute approximate surface area is 132 Å². The fourth-order valence-electron chi connectivity index (χ4n) is 1.78. The summed E-state index contributed by atoms with van der Waals surface area (Å²) < 4.78 is 0. The summed E-state index contributed by atoms with van der Waals surface area (Å²) in [5.74, 6) is 0.125. The average molecular weight is 312 g/mol. The Hall–Kier alpha value is -3.55. The molecule has 0 radical (unpaired) electrons. The van der Waals surface area contributed by atoms with Crippen molar-refractivity contribution < 1.29 is 9.59 Å². The minimum atomic E-state index is 0.0417. The van der Waals surface area contributed by atoms with E-state index in [1.807, 2.05) is 49.3 Å². The van der Waals surface area contributed by atoms with Gasteiger partial charge in [-0.1, -0.05) is 42.5 Å². The van der Waals surface area contributed by atoms with E-state index in [0.29, 0.717) is 0 Å². The van der Waals surface area contributed by atoms with E-state index in [4.69, 9.17) is 22.0 Å². The molecule has 0 saturated carbocycles. The predicted molar refractivity (Wildman–Crippen MR) is 89.5 cm³/mol. The molecule has 118 valence electrons. The van der Waals surface area contributed by atoms with Gasteiger partial charge in [-0.3, -0.25) is 4.79 Å². The Kier molecular flexibility index (Phi) is 6.60. The number of rotatable bonds is 1. The first kappa shape index (κ1) is 17.5. The number of carbonyl (C=O) groups is 2. The van der Waals surface area contributed by atoms with Crippen LogP contribution in [0.3, 0.4) is 0 Å². The summed E-state index contributed by atoms with van der Waals surface area (Å²) in [6.07, 6.45) is 0.891. The predicted octanol–water partition coefficient (Wildman–Crippen LogP) is 1.09. The number of carbonyl (C=O) groups excluding carboxylic acids is 2. The molecule has 0 aliphatic rings. The Morgan fingerprint density at radius 3 is 1.78 bits per heavy atom. The van der Waals surface area contributed by atoms with Gasteiger partial charge >= 0.3 is 0 Å². The van der Waals surface area contributed by atoms with E-state index in [0.717, 1.165) is 22.6 Å². The largest absolute Gasteiger partial charge is 0.368 e. The van der Waals surface area contributed by atoms with Crippen LogP contribution in [-0.2, 0) is 4.79 Å². The number of anilines is 3. The Morgan fingerprint density at radius 2 is 1.26 bits per heavy atom. The molecule has 1 heterocycles. The zero-order valence-electron chi connectivity index (χ0n) is 12.2. The number of nitrogens with two attached hydrogens (primary N) is 3. The van der Waals surface area contributed by atoms with Gasteiger partial charge in [0.25, 0.3) is 0 Å². The normalized spacial score (nSPS) is 9.04. The number of hydrogen-bond donors (Lipinski definition) is 3. The van der Waals surface area contributed by atoms with Crippen LogP contribution < -0.4 is 17.2 Å². The fraction of sp³-hybridized carbons (Fsp3) is 0. The highest BCUT2D eigenvalue weighted by Gasteiger charge is 1.96. The van der Waals surface area contributed by atoms with Crippen LogP contribution in [-0.4, -0.2) is 28.0 Å². The lowest BCUT2D eigenvalue weighted by Crippen LogP contribution is -2.05. The third kappa shape index (κ3) is 5.05. The zero-order chi connectivity index (χ0) is 17.2. The molecule has 6 N–H and O–H groups in total. The van der Waals surface area contributed by atoms with E-state index < -0.39 is 0 Å². The Bertz CT molecular complexity index is 738. The molecule has 0 unspecified atom stereocenters.